The van der Waals surface area contributed by atoms with E-state index >= 15 is 0 Å². The minimum atomic E-state index is -2.80. The van der Waals surface area contributed by atoms with Crippen molar-refractivity contribution in [1.82, 2.24) is 19.4 Å². The maximum Gasteiger partial charge on any atom is 0.280 e. The number of carbonyl (C=O) groups excluding carboxylic acids is 2. The number of amides is 2. The summed E-state index contributed by atoms with van der Waals surface area (Å²) in [7, 11) is 0. The third-order valence-corrected chi connectivity index (χ3v) is 7.98. The molecule has 0 unspecified atom stereocenters. The zero-order valence-corrected chi connectivity index (χ0v) is 24.0. The monoisotopic (exact) mass is 665 g/mol. The molecule has 4 heterocycles. The van der Waals surface area contributed by atoms with Crippen LogP contribution >= 0.6 is 22.6 Å². The van der Waals surface area contributed by atoms with E-state index in [1.54, 1.807) is 4.90 Å². The predicted molar refractivity (Wildman–Crippen MR) is 154 cm³/mol. The fourth-order valence-corrected chi connectivity index (χ4v) is 5.99. The van der Waals surface area contributed by atoms with Gasteiger partial charge >= 0.3 is 0 Å². The quantitative estimate of drug-likeness (QED) is 0.195. The molecule has 212 valence electrons. The lowest BCUT2D eigenvalue weighted by Gasteiger charge is -2.27. The van der Waals surface area contributed by atoms with E-state index < -0.39 is 18.0 Å². The Kier molecular flexibility index (Phi) is 8.94. The highest BCUT2D eigenvalue weighted by atomic mass is 127. The van der Waals surface area contributed by atoms with Gasteiger partial charge in [0.2, 0.25) is 11.9 Å². The number of nitrogens with one attached hydrogen (secondary N) is 1. The van der Waals surface area contributed by atoms with Crippen LogP contribution in [0.15, 0.2) is 43.1 Å². The number of hydrogen-bond donors (Lipinski definition) is 1. The Labute approximate surface area is 244 Å². The summed E-state index contributed by atoms with van der Waals surface area (Å²) >= 11 is 2.29. The number of pyridine rings is 1. The van der Waals surface area contributed by atoms with Crippen molar-refractivity contribution in [3.63, 3.8) is 0 Å². The number of carbonyl (C=O) groups is 2. The van der Waals surface area contributed by atoms with Crippen LogP contribution < -0.4 is 10.1 Å². The second-order valence-electron chi connectivity index (χ2n) is 9.81. The number of anilines is 1. The molecular formula is C28H30F2IN5O4. The normalized spacial score (nSPS) is 19.6. The number of benzene rings is 1. The van der Waals surface area contributed by atoms with Crippen LogP contribution in [-0.2, 0) is 14.0 Å². The number of nitrogens with zero attached hydrogens (tertiary/aromatic N) is 4. The van der Waals surface area contributed by atoms with Crippen molar-refractivity contribution in [2.24, 2.45) is 0 Å². The Morgan fingerprint density at radius 3 is 2.85 bits per heavy atom. The smallest absolute Gasteiger partial charge is 0.280 e. The fraction of sp³-hybridized carbons (Fsp3) is 0.429. The van der Waals surface area contributed by atoms with E-state index in [2.05, 4.69) is 39.5 Å². The lowest BCUT2D eigenvalue weighted by molar-refractivity contribution is -0.126. The summed E-state index contributed by atoms with van der Waals surface area (Å²) < 4.78 is 40.9. The molecule has 9 nitrogen and oxygen atoms in total. The molecule has 3 aromatic rings. The minimum absolute atomic E-state index is 0.0487. The molecule has 2 saturated heterocycles. The van der Waals surface area contributed by atoms with Gasteiger partial charge in [0.25, 0.3) is 12.3 Å². The molecule has 2 fully saturated rings. The van der Waals surface area contributed by atoms with E-state index in [1.807, 2.05) is 16.7 Å². The molecule has 1 N–H and O–H groups in total. The fourth-order valence-electron chi connectivity index (χ4n) is 5.25. The summed E-state index contributed by atoms with van der Waals surface area (Å²) in [5, 5.41) is 2.86. The van der Waals surface area contributed by atoms with Gasteiger partial charge in [-0.05, 0) is 49.6 Å². The lowest BCUT2D eigenvalue weighted by Crippen LogP contribution is -2.34. The Morgan fingerprint density at radius 2 is 2.12 bits per heavy atom. The van der Waals surface area contributed by atoms with Gasteiger partial charge in [-0.1, -0.05) is 29.2 Å². The van der Waals surface area contributed by atoms with Crippen LogP contribution in [0.25, 0.3) is 11.0 Å². The van der Waals surface area contributed by atoms with Crippen LogP contribution in [0.5, 0.6) is 5.75 Å². The minimum Gasteiger partial charge on any atom is -0.488 e. The second kappa shape index (κ2) is 12.6. The SMILES string of the molecule is C=CC(=O)N1CCCC[C@@H](n2c(NC(=O)c3ccnc(C(F)F)c3)nc3ccc(O[C@H]4CCOC4)c(CI)c32)C1. The van der Waals surface area contributed by atoms with E-state index in [4.69, 9.17) is 14.5 Å². The Balaban J connectivity index is 1.60. The van der Waals surface area contributed by atoms with Gasteiger partial charge in [-0.3, -0.25) is 19.9 Å². The molecule has 12 heteroatoms. The molecule has 2 amide bonds. The maximum absolute atomic E-state index is 13.3. The van der Waals surface area contributed by atoms with E-state index in [9.17, 15) is 18.4 Å². The molecule has 2 aliphatic rings. The van der Waals surface area contributed by atoms with Crippen molar-refractivity contribution >= 4 is 51.4 Å². The molecular weight excluding hydrogens is 635 g/mol. The molecule has 0 aliphatic carbocycles. The van der Waals surface area contributed by atoms with E-state index in [0.717, 1.165) is 48.6 Å². The molecule has 2 aromatic heterocycles. The van der Waals surface area contributed by atoms with Crippen molar-refractivity contribution < 1.29 is 27.8 Å². The average Bonchev–Trinajstić information content (AvgIpc) is 3.53. The highest BCUT2D eigenvalue weighted by molar-refractivity contribution is 14.1. The summed E-state index contributed by atoms with van der Waals surface area (Å²) in [5.74, 6) is 0.266. The second-order valence-corrected chi connectivity index (χ2v) is 10.6. The van der Waals surface area contributed by atoms with Crippen molar-refractivity contribution in [3.8, 4) is 5.75 Å². The number of imidazole rings is 1. The Morgan fingerprint density at radius 1 is 1.27 bits per heavy atom. The zero-order chi connectivity index (χ0) is 28.2. The number of aromatic nitrogens is 3. The van der Waals surface area contributed by atoms with Crippen molar-refractivity contribution in [2.75, 3.05) is 31.6 Å². The molecule has 0 bridgehead atoms. The third kappa shape index (κ3) is 5.97. The molecule has 0 saturated carbocycles. The molecule has 0 spiro atoms. The molecule has 5 rings (SSSR count). The Bertz CT molecular complexity index is 1410. The van der Waals surface area contributed by atoms with Gasteiger partial charge in [-0.2, -0.15) is 0 Å². The van der Waals surface area contributed by atoms with E-state index in [-0.39, 0.29) is 29.6 Å². The van der Waals surface area contributed by atoms with Crippen LogP contribution in [0.4, 0.5) is 14.7 Å². The first-order chi connectivity index (χ1) is 19.4. The number of fused-ring (bicyclic) bond motifs is 1. The first-order valence-electron chi connectivity index (χ1n) is 13.2. The van der Waals surface area contributed by atoms with Gasteiger partial charge in [-0.25, -0.2) is 13.8 Å². The third-order valence-electron chi connectivity index (χ3n) is 7.22. The summed E-state index contributed by atoms with van der Waals surface area (Å²) in [5.41, 5.74) is 1.96. The van der Waals surface area contributed by atoms with Crippen LogP contribution in [0.1, 0.15) is 59.8 Å². The highest BCUT2D eigenvalue weighted by Gasteiger charge is 2.29. The van der Waals surface area contributed by atoms with Crippen molar-refractivity contribution in [1.29, 1.82) is 0 Å². The topological polar surface area (TPSA) is 98.6 Å². The molecule has 1 aromatic carbocycles. The van der Waals surface area contributed by atoms with Crippen LogP contribution in [0.3, 0.4) is 0 Å². The van der Waals surface area contributed by atoms with Crippen molar-refractivity contribution in [3.05, 3.63) is 59.9 Å². The van der Waals surface area contributed by atoms with E-state index in [1.165, 1.54) is 18.3 Å². The number of alkyl halides is 3. The number of ether oxygens (including phenoxy) is 2. The van der Waals surface area contributed by atoms with Crippen LogP contribution in [-0.4, -0.2) is 63.7 Å². The predicted octanol–water partition coefficient (Wildman–Crippen LogP) is 5.46. The first kappa shape index (κ1) is 28.4. The number of likely N-dealkylation sites (tertiary alicyclic amines) is 1. The van der Waals surface area contributed by atoms with Gasteiger partial charge in [0.15, 0.2) is 0 Å². The van der Waals surface area contributed by atoms with E-state index in [0.29, 0.717) is 36.2 Å². The summed E-state index contributed by atoms with van der Waals surface area (Å²) in [6.45, 7) is 5.84. The van der Waals surface area contributed by atoms with Crippen LogP contribution in [0, 0.1) is 0 Å². The zero-order valence-electron chi connectivity index (χ0n) is 21.8. The summed E-state index contributed by atoms with van der Waals surface area (Å²) in [6.07, 6.45) is 2.91. The molecule has 0 radical (unpaired) electrons. The average molecular weight is 665 g/mol. The molecule has 40 heavy (non-hydrogen) atoms. The molecule has 2 aliphatic heterocycles. The number of rotatable bonds is 8. The van der Waals surface area contributed by atoms with Gasteiger partial charge < -0.3 is 18.9 Å². The highest BCUT2D eigenvalue weighted by Crippen LogP contribution is 2.37. The number of halogens is 3. The van der Waals surface area contributed by atoms with Crippen molar-refractivity contribution in [2.45, 2.75) is 48.7 Å². The van der Waals surface area contributed by atoms with Gasteiger partial charge in [-0.15, -0.1) is 0 Å². The summed E-state index contributed by atoms with van der Waals surface area (Å²) in [4.78, 5) is 36.1. The lowest BCUT2D eigenvalue weighted by atomic mass is 10.1. The van der Waals surface area contributed by atoms with Crippen LogP contribution in [0.2, 0.25) is 0 Å². The standard InChI is InChI=1S/C28H30F2IN5O4/c1-2-24(37)35-11-4-3-5-18(15-35)36-25-20(14-31)23(40-19-9-12-39-16-19)7-6-21(25)33-28(36)34-27(38)17-8-10-32-22(13-17)26(29)30/h2,6-8,10,13,18-19,26H,1,3-5,9,11-12,14-16H2,(H,33,34,38)/t18-,19+/m1/s1. The first-order valence-corrected chi connectivity index (χ1v) is 14.7. The maximum atomic E-state index is 13.3. The van der Waals surface area contributed by atoms with Gasteiger partial charge in [0.1, 0.15) is 17.5 Å². The summed E-state index contributed by atoms with van der Waals surface area (Å²) in [6, 6.07) is 6.00. The van der Waals surface area contributed by atoms with Gasteiger partial charge in [0, 0.05) is 41.3 Å². The largest absolute Gasteiger partial charge is 0.488 e. The molecule has 2 atom stereocenters. The Hall–Kier alpha value is -3.13. The number of hydrogen-bond acceptors (Lipinski definition) is 6. The van der Waals surface area contributed by atoms with Gasteiger partial charge in [0.05, 0.1) is 30.3 Å².